The highest BCUT2D eigenvalue weighted by atomic mass is 32.1. The molecule has 0 radical (unpaired) electrons. The van der Waals surface area contributed by atoms with E-state index in [0.717, 1.165) is 41.4 Å². The van der Waals surface area contributed by atoms with E-state index in [1.165, 1.54) is 0 Å². The lowest BCUT2D eigenvalue weighted by Gasteiger charge is -2.12. The lowest BCUT2D eigenvalue weighted by molar-refractivity contribution is 0.240. The lowest BCUT2D eigenvalue weighted by Crippen LogP contribution is -2.33. The van der Waals surface area contributed by atoms with Gasteiger partial charge in [-0.15, -0.1) is 11.3 Å². The molecule has 0 amide bonds. The first-order chi connectivity index (χ1) is 10.3. The Hall–Kier alpha value is -1.43. The fourth-order valence-electron chi connectivity index (χ4n) is 2.13. The van der Waals surface area contributed by atoms with Gasteiger partial charge in [-0.05, 0) is 18.6 Å². The van der Waals surface area contributed by atoms with Crippen LogP contribution in [0, 0.1) is 0 Å². The Balaban J connectivity index is 1.98. The second-order valence-electron chi connectivity index (χ2n) is 4.82. The van der Waals surface area contributed by atoms with Gasteiger partial charge in [0, 0.05) is 30.0 Å². The van der Waals surface area contributed by atoms with E-state index in [1.807, 2.05) is 24.3 Å². The summed E-state index contributed by atoms with van der Waals surface area (Å²) in [6.07, 6.45) is 1.80. The summed E-state index contributed by atoms with van der Waals surface area (Å²) in [4.78, 5) is 4.67. The Bertz CT molecular complexity index is 553. The van der Waals surface area contributed by atoms with E-state index in [-0.39, 0.29) is 12.6 Å². The molecule has 0 aliphatic rings. The zero-order valence-electron chi connectivity index (χ0n) is 12.5. The molecule has 0 saturated carbocycles. The molecule has 0 spiro atoms. The smallest absolute Gasteiger partial charge is 0.128 e. The summed E-state index contributed by atoms with van der Waals surface area (Å²) in [7, 11) is 1.68. The van der Waals surface area contributed by atoms with Gasteiger partial charge < -0.3 is 15.2 Å². The van der Waals surface area contributed by atoms with Crippen LogP contribution in [0.2, 0.25) is 0 Å². The molecule has 2 aromatic rings. The molecule has 2 rings (SSSR count). The standard InChI is InChI=1S/C16H22N2O2S/c1-3-12(10-19)17-9-8-16-18-14(11-21-16)13-6-4-5-7-15(13)20-2/h4-7,11-12,17,19H,3,8-10H2,1-2H3. The van der Waals surface area contributed by atoms with Crippen molar-refractivity contribution in [2.24, 2.45) is 0 Å². The molecule has 2 N–H and O–H groups in total. The molecule has 1 aromatic carbocycles. The van der Waals surface area contributed by atoms with E-state index in [1.54, 1.807) is 18.4 Å². The van der Waals surface area contributed by atoms with Gasteiger partial charge in [-0.3, -0.25) is 0 Å². The molecule has 5 heteroatoms. The highest BCUT2D eigenvalue weighted by Crippen LogP contribution is 2.30. The number of aliphatic hydroxyl groups excluding tert-OH is 1. The summed E-state index contributed by atoms with van der Waals surface area (Å²) in [5.41, 5.74) is 1.99. The Labute approximate surface area is 129 Å². The van der Waals surface area contributed by atoms with Crippen molar-refractivity contribution in [1.82, 2.24) is 10.3 Å². The molecule has 0 bridgehead atoms. The van der Waals surface area contributed by atoms with Gasteiger partial charge in [0.1, 0.15) is 5.75 Å². The number of aromatic nitrogens is 1. The monoisotopic (exact) mass is 306 g/mol. The van der Waals surface area contributed by atoms with Gasteiger partial charge in [0.25, 0.3) is 0 Å². The lowest BCUT2D eigenvalue weighted by atomic mass is 10.1. The number of nitrogens with one attached hydrogen (secondary N) is 1. The third kappa shape index (κ3) is 4.27. The minimum Gasteiger partial charge on any atom is -0.496 e. The molecule has 1 aromatic heterocycles. The van der Waals surface area contributed by atoms with Gasteiger partial charge in [0.15, 0.2) is 0 Å². The Morgan fingerprint density at radius 2 is 2.19 bits per heavy atom. The van der Waals surface area contributed by atoms with Crippen LogP contribution >= 0.6 is 11.3 Å². The number of hydrogen-bond donors (Lipinski definition) is 2. The fourth-order valence-corrected chi connectivity index (χ4v) is 2.93. The summed E-state index contributed by atoms with van der Waals surface area (Å²) < 4.78 is 5.38. The van der Waals surface area contributed by atoms with Gasteiger partial charge in [0.2, 0.25) is 0 Å². The second kappa shape index (κ2) is 8.12. The quantitative estimate of drug-likeness (QED) is 0.787. The summed E-state index contributed by atoms with van der Waals surface area (Å²) >= 11 is 1.66. The van der Waals surface area contributed by atoms with Crippen molar-refractivity contribution in [2.75, 3.05) is 20.3 Å². The summed E-state index contributed by atoms with van der Waals surface area (Å²) in [6.45, 7) is 3.08. The largest absolute Gasteiger partial charge is 0.496 e. The molecular formula is C16H22N2O2S. The number of aliphatic hydroxyl groups is 1. The first kappa shape index (κ1) is 15.9. The molecular weight excluding hydrogens is 284 g/mol. The van der Waals surface area contributed by atoms with Crippen LogP contribution in [0.3, 0.4) is 0 Å². The van der Waals surface area contributed by atoms with Gasteiger partial charge in [-0.25, -0.2) is 4.98 Å². The number of ether oxygens (including phenoxy) is 1. The van der Waals surface area contributed by atoms with Crippen molar-refractivity contribution in [1.29, 1.82) is 0 Å². The topological polar surface area (TPSA) is 54.4 Å². The van der Waals surface area contributed by atoms with Gasteiger partial charge in [-0.2, -0.15) is 0 Å². The van der Waals surface area contributed by atoms with Crippen LogP contribution in [0.25, 0.3) is 11.3 Å². The zero-order valence-corrected chi connectivity index (χ0v) is 13.3. The maximum atomic E-state index is 9.14. The predicted octanol–water partition coefficient (Wildman–Crippen LogP) is 2.72. The molecule has 1 atom stereocenters. The van der Waals surface area contributed by atoms with Gasteiger partial charge in [-0.1, -0.05) is 19.1 Å². The van der Waals surface area contributed by atoms with Crippen LogP contribution in [0.4, 0.5) is 0 Å². The van der Waals surface area contributed by atoms with Crippen LogP contribution < -0.4 is 10.1 Å². The van der Waals surface area contributed by atoms with Crippen LogP contribution in [0.15, 0.2) is 29.6 Å². The Morgan fingerprint density at radius 1 is 1.38 bits per heavy atom. The van der Waals surface area contributed by atoms with Crippen molar-refractivity contribution in [3.05, 3.63) is 34.7 Å². The van der Waals surface area contributed by atoms with Gasteiger partial charge >= 0.3 is 0 Å². The number of para-hydroxylation sites is 1. The fraction of sp³-hybridized carbons (Fsp3) is 0.438. The third-order valence-corrected chi connectivity index (χ3v) is 4.33. The van der Waals surface area contributed by atoms with E-state index in [9.17, 15) is 0 Å². The number of benzene rings is 1. The normalized spacial score (nSPS) is 12.3. The number of thiazole rings is 1. The molecule has 0 fully saturated rings. The predicted molar refractivity (Wildman–Crippen MR) is 87.0 cm³/mol. The molecule has 1 heterocycles. The Kier molecular flexibility index (Phi) is 6.17. The summed E-state index contributed by atoms with van der Waals surface area (Å²) in [5, 5.41) is 15.6. The molecule has 1 unspecified atom stereocenters. The highest BCUT2D eigenvalue weighted by molar-refractivity contribution is 7.09. The summed E-state index contributed by atoms with van der Waals surface area (Å²) in [6, 6.07) is 8.10. The molecule has 4 nitrogen and oxygen atoms in total. The van der Waals surface area contributed by atoms with Gasteiger partial charge in [0.05, 0.1) is 24.4 Å². The van der Waals surface area contributed by atoms with Crippen molar-refractivity contribution >= 4 is 11.3 Å². The van der Waals surface area contributed by atoms with E-state index < -0.39 is 0 Å². The van der Waals surface area contributed by atoms with E-state index in [0.29, 0.717) is 0 Å². The van der Waals surface area contributed by atoms with E-state index >= 15 is 0 Å². The van der Waals surface area contributed by atoms with Crippen molar-refractivity contribution in [3.8, 4) is 17.0 Å². The third-order valence-electron chi connectivity index (χ3n) is 3.42. The first-order valence-corrected chi connectivity index (χ1v) is 8.08. The molecule has 114 valence electrons. The van der Waals surface area contributed by atoms with E-state index in [4.69, 9.17) is 9.84 Å². The number of nitrogens with zero attached hydrogens (tertiary/aromatic N) is 1. The molecule has 0 saturated heterocycles. The average molecular weight is 306 g/mol. The minimum absolute atomic E-state index is 0.179. The number of rotatable bonds is 8. The van der Waals surface area contributed by atoms with Crippen LogP contribution in [-0.2, 0) is 6.42 Å². The van der Waals surface area contributed by atoms with Crippen LogP contribution in [-0.4, -0.2) is 36.4 Å². The minimum atomic E-state index is 0.179. The molecule has 0 aliphatic carbocycles. The van der Waals surface area contributed by atoms with Crippen molar-refractivity contribution in [2.45, 2.75) is 25.8 Å². The average Bonchev–Trinajstić information content (AvgIpc) is 3.00. The zero-order chi connectivity index (χ0) is 15.1. The maximum absolute atomic E-state index is 9.14. The highest BCUT2D eigenvalue weighted by Gasteiger charge is 2.10. The SMILES string of the molecule is CCC(CO)NCCc1nc(-c2ccccc2OC)cs1. The maximum Gasteiger partial charge on any atom is 0.128 e. The second-order valence-corrected chi connectivity index (χ2v) is 5.76. The summed E-state index contributed by atoms with van der Waals surface area (Å²) in [5.74, 6) is 0.846. The Morgan fingerprint density at radius 3 is 2.90 bits per heavy atom. The molecule has 0 aliphatic heterocycles. The van der Waals surface area contributed by atoms with Crippen LogP contribution in [0.1, 0.15) is 18.4 Å². The van der Waals surface area contributed by atoms with Crippen molar-refractivity contribution in [3.63, 3.8) is 0 Å². The van der Waals surface area contributed by atoms with Crippen LogP contribution in [0.5, 0.6) is 5.75 Å². The number of methoxy groups -OCH3 is 1. The molecule has 21 heavy (non-hydrogen) atoms. The van der Waals surface area contributed by atoms with Crippen molar-refractivity contribution < 1.29 is 9.84 Å². The van der Waals surface area contributed by atoms with E-state index in [2.05, 4.69) is 22.6 Å². The first-order valence-electron chi connectivity index (χ1n) is 7.20. The number of hydrogen-bond acceptors (Lipinski definition) is 5.